The first kappa shape index (κ1) is 15.0. The molecule has 0 atom stereocenters. The van der Waals surface area contributed by atoms with E-state index in [-0.39, 0.29) is 22.8 Å². The molecule has 0 aliphatic rings. The fourth-order valence-electron chi connectivity index (χ4n) is 1.59. The molecular weight excluding hydrogens is 298 g/mol. The number of ether oxygens (including phenoxy) is 1. The van der Waals surface area contributed by atoms with E-state index in [0.717, 1.165) is 19.2 Å². The summed E-state index contributed by atoms with van der Waals surface area (Å²) < 4.78 is 31.1. The van der Waals surface area contributed by atoms with Crippen LogP contribution in [0, 0.1) is 0 Å². The molecule has 2 rings (SSSR count). The molecule has 0 saturated heterocycles. The number of hydrogen-bond acceptors (Lipinski definition) is 6. The zero-order valence-corrected chi connectivity index (χ0v) is 11.8. The standard InChI is InChI=1S/C12H13N3O5S/c1-20-12(17)10-4-9(2-3-11(10)16)21(18,19)15-6-8-5-13-7-14-8/h2-5,7,15-16H,6H2,1H3,(H,13,14). The summed E-state index contributed by atoms with van der Waals surface area (Å²) in [5.41, 5.74) is 0.368. The van der Waals surface area contributed by atoms with Crippen molar-refractivity contribution in [3.05, 3.63) is 42.0 Å². The SMILES string of the molecule is COC(=O)c1cc(S(=O)(=O)NCc2cnc[nH]2)ccc1O. The van der Waals surface area contributed by atoms with Crippen molar-refractivity contribution >= 4 is 16.0 Å². The van der Waals surface area contributed by atoms with Crippen molar-refractivity contribution in [1.29, 1.82) is 0 Å². The average Bonchev–Trinajstić information content (AvgIpc) is 2.98. The number of carbonyl (C=O) groups is 1. The summed E-state index contributed by atoms with van der Waals surface area (Å²) in [4.78, 5) is 17.8. The number of esters is 1. The van der Waals surface area contributed by atoms with Crippen LogP contribution in [0.15, 0.2) is 35.6 Å². The fraction of sp³-hybridized carbons (Fsp3) is 0.167. The number of hydrogen-bond donors (Lipinski definition) is 3. The number of aromatic hydroxyl groups is 1. The first-order valence-corrected chi connectivity index (χ1v) is 7.30. The van der Waals surface area contributed by atoms with Crippen molar-refractivity contribution in [3.8, 4) is 5.75 Å². The molecule has 21 heavy (non-hydrogen) atoms. The molecule has 0 aliphatic heterocycles. The van der Waals surface area contributed by atoms with Crippen LogP contribution in [0.4, 0.5) is 0 Å². The van der Waals surface area contributed by atoms with E-state index in [1.54, 1.807) is 0 Å². The van der Waals surface area contributed by atoms with Gasteiger partial charge in [0.2, 0.25) is 10.0 Å². The van der Waals surface area contributed by atoms with Gasteiger partial charge < -0.3 is 14.8 Å². The van der Waals surface area contributed by atoms with Gasteiger partial charge in [0.15, 0.2) is 0 Å². The lowest BCUT2D eigenvalue weighted by molar-refractivity contribution is 0.0597. The number of phenols is 1. The minimum absolute atomic E-state index is 0.0246. The van der Waals surface area contributed by atoms with Crippen LogP contribution in [0.3, 0.4) is 0 Å². The van der Waals surface area contributed by atoms with Crippen LogP contribution in [0.5, 0.6) is 5.75 Å². The third-order valence-corrected chi connectivity index (χ3v) is 4.09. The van der Waals surface area contributed by atoms with E-state index >= 15 is 0 Å². The Bertz CT molecular complexity index is 740. The minimum Gasteiger partial charge on any atom is -0.507 e. The van der Waals surface area contributed by atoms with Gasteiger partial charge in [0.1, 0.15) is 11.3 Å². The summed E-state index contributed by atoms with van der Waals surface area (Å²) in [5, 5.41) is 9.55. The van der Waals surface area contributed by atoms with Gasteiger partial charge in [0, 0.05) is 11.9 Å². The molecular formula is C12H13N3O5S. The molecule has 9 heteroatoms. The maximum absolute atomic E-state index is 12.1. The smallest absolute Gasteiger partial charge is 0.341 e. The van der Waals surface area contributed by atoms with Crippen LogP contribution in [0.1, 0.15) is 16.1 Å². The van der Waals surface area contributed by atoms with Crippen LogP contribution in [-0.2, 0) is 21.3 Å². The van der Waals surface area contributed by atoms with E-state index in [1.165, 1.54) is 18.6 Å². The van der Waals surface area contributed by atoms with Crippen molar-refractivity contribution in [2.75, 3.05) is 7.11 Å². The quantitative estimate of drug-likeness (QED) is 0.686. The highest BCUT2D eigenvalue weighted by Gasteiger charge is 2.19. The molecule has 112 valence electrons. The number of sulfonamides is 1. The van der Waals surface area contributed by atoms with E-state index in [9.17, 15) is 18.3 Å². The first-order chi connectivity index (χ1) is 9.94. The van der Waals surface area contributed by atoms with Gasteiger partial charge in [-0.05, 0) is 18.2 Å². The molecule has 0 spiro atoms. The van der Waals surface area contributed by atoms with Crippen molar-refractivity contribution < 1.29 is 23.1 Å². The number of imidazole rings is 1. The zero-order chi connectivity index (χ0) is 15.5. The molecule has 0 amide bonds. The number of phenolic OH excluding ortho intramolecular Hbond substituents is 1. The number of benzene rings is 1. The Balaban J connectivity index is 2.25. The second kappa shape index (κ2) is 5.94. The Morgan fingerprint density at radius 1 is 1.48 bits per heavy atom. The number of aromatic nitrogens is 2. The third-order valence-electron chi connectivity index (χ3n) is 2.69. The number of H-pyrrole nitrogens is 1. The lowest BCUT2D eigenvalue weighted by atomic mass is 10.2. The molecule has 0 fully saturated rings. The largest absolute Gasteiger partial charge is 0.507 e. The van der Waals surface area contributed by atoms with Gasteiger partial charge >= 0.3 is 5.97 Å². The second-order valence-corrected chi connectivity index (χ2v) is 5.84. The highest BCUT2D eigenvalue weighted by Crippen LogP contribution is 2.22. The minimum atomic E-state index is -3.83. The van der Waals surface area contributed by atoms with Crippen molar-refractivity contribution in [2.24, 2.45) is 0 Å². The van der Waals surface area contributed by atoms with Crippen LogP contribution >= 0.6 is 0 Å². The van der Waals surface area contributed by atoms with Gasteiger partial charge in [0.05, 0.1) is 24.9 Å². The number of rotatable bonds is 5. The number of aromatic amines is 1. The van der Waals surface area contributed by atoms with Crippen molar-refractivity contribution in [3.63, 3.8) is 0 Å². The van der Waals surface area contributed by atoms with E-state index in [0.29, 0.717) is 5.69 Å². The summed E-state index contributed by atoms with van der Waals surface area (Å²) in [6.07, 6.45) is 2.92. The van der Waals surface area contributed by atoms with E-state index in [1.807, 2.05) is 0 Å². The lowest BCUT2D eigenvalue weighted by Gasteiger charge is -2.08. The van der Waals surface area contributed by atoms with Crippen LogP contribution in [-0.4, -0.2) is 36.6 Å². The van der Waals surface area contributed by atoms with Gasteiger partial charge in [-0.2, -0.15) is 0 Å². The normalized spacial score (nSPS) is 11.3. The Morgan fingerprint density at radius 2 is 2.24 bits per heavy atom. The van der Waals surface area contributed by atoms with Crippen LogP contribution < -0.4 is 4.72 Å². The average molecular weight is 311 g/mol. The van der Waals surface area contributed by atoms with Gasteiger partial charge in [-0.15, -0.1) is 0 Å². The summed E-state index contributed by atoms with van der Waals surface area (Å²) in [6, 6.07) is 3.37. The fourth-order valence-corrected chi connectivity index (χ4v) is 2.63. The molecule has 1 aromatic heterocycles. The molecule has 1 aromatic carbocycles. The Morgan fingerprint density at radius 3 is 2.86 bits per heavy atom. The van der Waals surface area contributed by atoms with E-state index in [4.69, 9.17) is 0 Å². The van der Waals surface area contributed by atoms with Crippen LogP contribution in [0.25, 0.3) is 0 Å². The lowest BCUT2D eigenvalue weighted by Crippen LogP contribution is -2.23. The molecule has 8 nitrogen and oxygen atoms in total. The third kappa shape index (κ3) is 3.38. The summed E-state index contributed by atoms with van der Waals surface area (Å²) >= 11 is 0. The maximum atomic E-state index is 12.1. The molecule has 0 unspecified atom stereocenters. The zero-order valence-electron chi connectivity index (χ0n) is 11.0. The van der Waals surface area contributed by atoms with Crippen molar-refractivity contribution in [1.82, 2.24) is 14.7 Å². The number of carbonyl (C=O) groups excluding carboxylic acids is 1. The van der Waals surface area contributed by atoms with Gasteiger partial charge in [-0.1, -0.05) is 0 Å². The van der Waals surface area contributed by atoms with E-state index in [2.05, 4.69) is 19.4 Å². The Kier molecular flexibility index (Phi) is 4.24. The van der Waals surface area contributed by atoms with Crippen LogP contribution in [0.2, 0.25) is 0 Å². The predicted molar refractivity (Wildman–Crippen MR) is 72.1 cm³/mol. The van der Waals surface area contributed by atoms with Gasteiger partial charge in [-0.3, -0.25) is 0 Å². The predicted octanol–water partition coefficient (Wildman–Crippen LogP) is 0.380. The van der Waals surface area contributed by atoms with Gasteiger partial charge in [0.25, 0.3) is 0 Å². The Hall–Kier alpha value is -2.39. The van der Waals surface area contributed by atoms with Gasteiger partial charge in [-0.25, -0.2) is 22.9 Å². The molecule has 0 bridgehead atoms. The maximum Gasteiger partial charge on any atom is 0.341 e. The van der Waals surface area contributed by atoms with Crippen molar-refractivity contribution in [2.45, 2.75) is 11.4 Å². The number of nitrogens with one attached hydrogen (secondary N) is 2. The van der Waals surface area contributed by atoms with E-state index < -0.39 is 16.0 Å². The molecule has 3 N–H and O–H groups in total. The summed E-state index contributed by atoms with van der Waals surface area (Å²) in [5.74, 6) is -1.17. The molecule has 1 heterocycles. The second-order valence-electron chi connectivity index (χ2n) is 4.07. The highest BCUT2D eigenvalue weighted by molar-refractivity contribution is 7.89. The number of nitrogens with zero attached hydrogens (tertiary/aromatic N) is 1. The molecule has 0 aliphatic carbocycles. The summed E-state index contributed by atoms with van der Waals surface area (Å²) in [7, 11) is -2.70. The molecule has 2 aromatic rings. The number of methoxy groups -OCH3 is 1. The first-order valence-electron chi connectivity index (χ1n) is 5.82. The summed E-state index contributed by atoms with van der Waals surface area (Å²) in [6.45, 7) is 0.0246. The Labute approximate surface area is 120 Å². The monoisotopic (exact) mass is 311 g/mol. The molecule has 0 radical (unpaired) electrons. The topological polar surface area (TPSA) is 121 Å². The highest BCUT2D eigenvalue weighted by atomic mass is 32.2. The molecule has 0 saturated carbocycles.